The Hall–Kier alpha value is -1.10. The molecule has 0 saturated carbocycles. The molecule has 4 unspecified atom stereocenters. The fourth-order valence-electron chi connectivity index (χ4n) is 4.19. The number of nitrogens with two attached hydrogens (primary N) is 1. The largest absolute Gasteiger partial charge is 0.497 e. The van der Waals surface area contributed by atoms with Gasteiger partial charge in [0.05, 0.1) is 19.3 Å². The maximum Gasteiger partial charge on any atom is 0.118 e. The Morgan fingerprint density at radius 3 is 2.24 bits per heavy atom. The lowest BCUT2D eigenvalue weighted by Gasteiger charge is -2.44. The Labute approximate surface area is 126 Å². The third-order valence-electron chi connectivity index (χ3n) is 5.04. The van der Waals surface area contributed by atoms with E-state index in [0.717, 1.165) is 18.6 Å². The van der Waals surface area contributed by atoms with Crippen molar-refractivity contribution in [1.82, 2.24) is 4.90 Å². The van der Waals surface area contributed by atoms with Gasteiger partial charge < -0.3 is 15.6 Å². The number of aliphatic hydroxyl groups excluding tert-OH is 1. The van der Waals surface area contributed by atoms with Crippen molar-refractivity contribution in [1.29, 1.82) is 0 Å². The average molecular weight is 290 g/mol. The van der Waals surface area contributed by atoms with E-state index in [2.05, 4.69) is 24.0 Å². The van der Waals surface area contributed by atoms with Crippen LogP contribution in [0.1, 0.15) is 44.2 Å². The second-order valence-corrected chi connectivity index (χ2v) is 6.53. The van der Waals surface area contributed by atoms with Crippen LogP contribution < -0.4 is 10.5 Å². The van der Waals surface area contributed by atoms with Gasteiger partial charge in [-0.3, -0.25) is 4.90 Å². The first kappa shape index (κ1) is 14.8. The van der Waals surface area contributed by atoms with Crippen LogP contribution in [-0.2, 0) is 0 Å². The number of piperidine rings is 1. The summed E-state index contributed by atoms with van der Waals surface area (Å²) in [6.45, 7) is 2.08. The van der Waals surface area contributed by atoms with E-state index in [1.54, 1.807) is 7.11 Å². The van der Waals surface area contributed by atoms with E-state index in [1.165, 1.54) is 18.4 Å². The van der Waals surface area contributed by atoms with Gasteiger partial charge in [0.25, 0.3) is 0 Å². The number of nitrogens with zero attached hydrogens (tertiary/aromatic N) is 1. The summed E-state index contributed by atoms with van der Waals surface area (Å²) in [4.78, 5) is 2.57. The molecule has 0 spiro atoms. The molecule has 3 N–H and O–H groups in total. The number of aliphatic hydroxyl groups is 1. The van der Waals surface area contributed by atoms with Gasteiger partial charge in [-0.15, -0.1) is 0 Å². The van der Waals surface area contributed by atoms with Crippen molar-refractivity contribution < 1.29 is 9.84 Å². The number of rotatable bonds is 4. The summed E-state index contributed by atoms with van der Waals surface area (Å²) >= 11 is 0. The smallest absolute Gasteiger partial charge is 0.118 e. The van der Waals surface area contributed by atoms with Crippen molar-refractivity contribution in [3.8, 4) is 5.75 Å². The molecule has 0 aliphatic carbocycles. The molecule has 2 aliphatic heterocycles. The SMILES string of the molecule is COc1ccc(C(C(C)N)N2C3CCC2CC(O)C3)cc1. The molecular formula is C17H26N2O2. The fraction of sp³-hybridized carbons (Fsp3) is 0.647. The number of hydrogen-bond acceptors (Lipinski definition) is 4. The molecule has 21 heavy (non-hydrogen) atoms. The van der Waals surface area contributed by atoms with Gasteiger partial charge in [-0.25, -0.2) is 0 Å². The fourth-order valence-corrected chi connectivity index (χ4v) is 4.19. The van der Waals surface area contributed by atoms with Gasteiger partial charge in [0.15, 0.2) is 0 Å². The van der Waals surface area contributed by atoms with Gasteiger partial charge in [-0.05, 0) is 50.3 Å². The van der Waals surface area contributed by atoms with Crippen molar-refractivity contribution in [3.63, 3.8) is 0 Å². The monoisotopic (exact) mass is 290 g/mol. The molecule has 4 atom stereocenters. The quantitative estimate of drug-likeness (QED) is 0.891. The van der Waals surface area contributed by atoms with Gasteiger partial charge in [0, 0.05) is 18.1 Å². The van der Waals surface area contributed by atoms with Gasteiger partial charge in [0.1, 0.15) is 5.75 Å². The summed E-state index contributed by atoms with van der Waals surface area (Å²) in [5, 5.41) is 9.99. The Bertz CT molecular complexity index is 460. The number of benzene rings is 1. The van der Waals surface area contributed by atoms with Crippen LogP contribution in [0.5, 0.6) is 5.75 Å². The first-order valence-electron chi connectivity index (χ1n) is 7.95. The zero-order valence-electron chi connectivity index (χ0n) is 12.9. The second-order valence-electron chi connectivity index (χ2n) is 6.53. The highest BCUT2D eigenvalue weighted by Gasteiger charge is 2.44. The molecule has 0 amide bonds. The van der Waals surface area contributed by atoms with E-state index in [1.807, 2.05) is 12.1 Å². The maximum absolute atomic E-state index is 9.99. The predicted octanol–water partition coefficient (Wildman–Crippen LogP) is 2.07. The maximum atomic E-state index is 9.99. The average Bonchev–Trinajstić information content (AvgIpc) is 2.71. The Kier molecular flexibility index (Phi) is 4.20. The van der Waals surface area contributed by atoms with Crippen molar-refractivity contribution in [3.05, 3.63) is 29.8 Å². The summed E-state index contributed by atoms with van der Waals surface area (Å²) in [6.07, 6.45) is 4.00. The molecule has 2 bridgehead atoms. The molecule has 0 radical (unpaired) electrons. The molecule has 2 fully saturated rings. The Morgan fingerprint density at radius 2 is 1.76 bits per heavy atom. The van der Waals surface area contributed by atoms with E-state index < -0.39 is 0 Å². The van der Waals surface area contributed by atoms with Crippen molar-refractivity contribution in [2.75, 3.05) is 7.11 Å². The van der Waals surface area contributed by atoms with Crippen LogP contribution in [0.3, 0.4) is 0 Å². The molecule has 4 nitrogen and oxygen atoms in total. The zero-order valence-corrected chi connectivity index (χ0v) is 12.9. The molecule has 3 rings (SSSR count). The molecule has 116 valence electrons. The molecule has 0 aromatic heterocycles. The standard InChI is InChI=1S/C17H26N2O2/c1-11(18)17(12-3-7-16(21-2)8-4-12)19-13-5-6-14(19)10-15(20)9-13/h3-4,7-8,11,13-15,17,20H,5-6,9-10,18H2,1-2H3. The van der Waals surface area contributed by atoms with Crippen LogP contribution in [0, 0.1) is 0 Å². The number of ether oxygens (including phenoxy) is 1. The third-order valence-corrected chi connectivity index (χ3v) is 5.04. The van der Waals surface area contributed by atoms with Gasteiger partial charge in [0.2, 0.25) is 0 Å². The first-order valence-corrected chi connectivity index (χ1v) is 7.95. The Balaban J connectivity index is 1.88. The van der Waals surface area contributed by atoms with Crippen molar-refractivity contribution in [2.45, 2.75) is 62.9 Å². The molecule has 2 saturated heterocycles. The lowest BCUT2D eigenvalue weighted by atomic mass is 9.91. The highest BCUT2D eigenvalue weighted by atomic mass is 16.5. The molecule has 4 heteroatoms. The lowest BCUT2D eigenvalue weighted by Crippen LogP contribution is -2.50. The molecule has 1 aromatic carbocycles. The summed E-state index contributed by atoms with van der Waals surface area (Å²) in [5.41, 5.74) is 7.57. The van der Waals surface area contributed by atoms with Crippen LogP contribution in [0.2, 0.25) is 0 Å². The number of methoxy groups -OCH3 is 1. The minimum atomic E-state index is -0.136. The summed E-state index contributed by atoms with van der Waals surface area (Å²) < 4.78 is 5.25. The van der Waals surface area contributed by atoms with Crippen LogP contribution in [-0.4, -0.2) is 41.3 Å². The molecular weight excluding hydrogens is 264 g/mol. The minimum absolute atomic E-state index is 0.0664. The lowest BCUT2D eigenvalue weighted by molar-refractivity contribution is 0.00411. The minimum Gasteiger partial charge on any atom is -0.497 e. The highest BCUT2D eigenvalue weighted by Crippen LogP contribution is 2.42. The van der Waals surface area contributed by atoms with E-state index in [0.29, 0.717) is 12.1 Å². The van der Waals surface area contributed by atoms with Gasteiger partial charge in [-0.1, -0.05) is 12.1 Å². The van der Waals surface area contributed by atoms with E-state index in [-0.39, 0.29) is 18.2 Å². The molecule has 2 heterocycles. The normalized spacial score (nSPS) is 31.9. The van der Waals surface area contributed by atoms with Crippen LogP contribution in [0.15, 0.2) is 24.3 Å². The summed E-state index contributed by atoms with van der Waals surface area (Å²) in [6, 6.07) is 9.48. The molecule has 1 aromatic rings. The zero-order chi connectivity index (χ0) is 15.0. The number of fused-ring (bicyclic) bond motifs is 2. The van der Waals surface area contributed by atoms with Gasteiger partial charge >= 0.3 is 0 Å². The third kappa shape index (κ3) is 2.80. The van der Waals surface area contributed by atoms with Gasteiger partial charge in [-0.2, -0.15) is 0 Å². The molecule has 2 aliphatic rings. The van der Waals surface area contributed by atoms with Crippen LogP contribution >= 0.6 is 0 Å². The van der Waals surface area contributed by atoms with Crippen molar-refractivity contribution in [2.24, 2.45) is 5.73 Å². The van der Waals surface area contributed by atoms with E-state index >= 15 is 0 Å². The van der Waals surface area contributed by atoms with E-state index in [4.69, 9.17) is 10.5 Å². The van der Waals surface area contributed by atoms with Crippen LogP contribution in [0.25, 0.3) is 0 Å². The number of hydrogen-bond donors (Lipinski definition) is 2. The van der Waals surface area contributed by atoms with E-state index in [9.17, 15) is 5.11 Å². The highest BCUT2D eigenvalue weighted by molar-refractivity contribution is 5.30. The summed E-state index contributed by atoms with van der Waals surface area (Å²) in [7, 11) is 1.68. The van der Waals surface area contributed by atoms with Crippen LogP contribution in [0.4, 0.5) is 0 Å². The van der Waals surface area contributed by atoms with Crippen molar-refractivity contribution >= 4 is 0 Å². The first-order chi connectivity index (χ1) is 10.1. The Morgan fingerprint density at radius 1 is 1.19 bits per heavy atom. The predicted molar refractivity (Wildman–Crippen MR) is 83.3 cm³/mol. The second kappa shape index (κ2) is 5.95. The summed E-state index contributed by atoms with van der Waals surface area (Å²) in [5.74, 6) is 0.874. The topological polar surface area (TPSA) is 58.7 Å².